The number of carbonyl (C=O) groups excluding carboxylic acids is 3. The second kappa shape index (κ2) is 9.31. The molecule has 26 heavy (non-hydrogen) atoms. The number of nitrogens with one attached hydrogen (secondary N) is 3. The Morgan fingerprint density at radius 3 is 2.38 bits per heavy atom. The summed E-state index contributed by atoms with van der Waals surface area (Å²) in [4.78, 5) is 39.4. The smallest absolute Gasteiger partial charge is 0.313 e. The molecule has 0 bridgehead atoms. The number of aromatic nitrogens is 1. The van der Waals surface area contributed by atoms with Crippen LogP contribution in [0.2, 0.25) is 0 Å². The molecule has 0 atom stereocenters. The Morgan fingerprint density at radius 2 is 1.69 bits per heavy atom. The lowest BCUT2D eigenvalue weighted by molar-refractivity contribution is -0.136. The zero-order valence-corrected chi connectivity index (χ0v) is 14.8. The maximum atomic E-state index is 11.9. The Bertz CT molecular complexity index is 791. The molecule has 136 valence electrons. The Morgan fingerprint density at radius 1 is 0.962 bits per heavy atom. The van der Waals surface area contributed by atoms with Gasteiger partial charge >= 0.3 is 11.8 Å². The number of aryl methyl sites for hydroxylation is 2. The fraction of sp³-hybridized carbons (Fsp3) is 0.263. The van der Waals surface area contributed by atoms with E-state index in [0.29, 0.717) is 12.2 Å². The lowest BCUT2D eigenvalue weighted by Gasteiger charge is -2.09. The van der Waals surface area contributed by atoms with Crippen LogP contribution >= 0.6 is 0 Å². The highest BCUT2D eigenvalue weighted by Crippen LogP contribution is 2.15. The van der Waals surface area contributed by atoms with E-state index >= 15 is 0 Å². The van der Waals surface area contributed by atoms with Gasteiger partial charge in [-0.1, -0.05) is 17.7 Å². The van der Waals surface area contributed by atoms with Gasteiger partial charge in [0.15, 0.2) is 0 Å². The van der Waals surface area contributed by atoms with Crippen LogP contribution < -0.4 is 16.0 Å². The lowest BCUT2D eigenvalue weighted by atomic mass is 10.1. The van der Waals surface area contributed by atoms with Gasteiger partial charge in [0.2, 0.25) is 5.91 Å². The zero-order chi connectivity index (χ0) is 18.9. The topological polar surface area (TPSA) is 100 Å². The van der Waals surface area contributed by atoms with Gasteiger partial charge in [0, 0.05) is 37.6 Å². The van der Waals surface area contributed by atoms with Crippen LogP contribution in [0.1, 0.15) is 23.1 Å². The molecule has 0 spiro atoms. The maximum Gasteiger partial charge on any atom is 0.313 e. The average Bonchev–Trinajstić information content (AvgIpc) is 2.63. The first-order valence-corrected chi connectivity index (χ1v) is 8.28. The van der Waals surface area contributed by atoms with Crippen molar-refractivity contribution in [2.45, 2.75) is 26.8 Å². The third-order valence-electron chi connectivity index (χ3n) is 3.71. The molecule has 0 aliphatic carbocycles. The second-order valence-corrected chi connectivity index (χ2v) is 5.91. The van der Waals surface area contributed by atoms with E-state index in [9.17, 15) is 14.4 Å². The summed E-state index contributed by atoms with van der Waals surface area (Å²) in [7, 11) is 0. The fourth-order valence-corrected chi connectivity index (χ4v) is 2.29. The number of rotatable bonds is 6. The van der Waals surface area contributed by atoms with E-state index in [-0.39, 0.29) is 18.9 Å². The molecule has 0 aliphatic rings. The van der Waals surface area contributed by atoms with Crippen LogP contribution in [0.4, 0.5) is 5.69 Å². The minimum Gasteiger partial charge on any atom is -0.352 e. The molecule has 7 nitrogen and oxygen atoms in total. The van der Waals surface area contributed by atoms with Crippen molar-refractivity contribution in [1.82, 2.24) is 15.6 Å². The van der Waals surface area contributed by atoms with Crippen LogP contribution in [0.3, 0.4) is 0 Å². The molecule has 0 unspecified atom stereocenters. The van der Waals surface area contributed by atoms with Crippen molar-refractivity contribution in [2.75, 3.05) is 11.9 Å². The van der Waals surface area contributed by atoms with Crippen molar-refractivity contribution in [3.63, 3.8) is 0 Å². The standard InChI is InChI=1S/C19H22N4O3/c1-13-3-4-16(14(2)11-13)23-19(26)18(25)21-10-7-17(24)22-12-15-5-8-20-9-6-15/h3-6,8-9,11H,7,10,12H2,1-2H3,(H,21,25)(H,22,24)(H,23,26). The fourth-order valence-electron chi connectivity index (χ4n) is 2.29. The van der Waals surface area contributed by atoms with Crippen LogP contribution in [0.25, 0.3) is 0 Å². The first-order valence-electron chi connectivity index (χ1n) is 8.28. The van der Waals surface area contributed by atoms with Crippen LogP contribution in [-0.4, -0.2) is 29.3 Å². The molecule has 2 rings (SSSR count). The molecular formula is C19H22N4O3. The summed E-state index contributed by atoms with van der Waals surface area (Å²) in [6.45, 7) is 4.28. The van der Waals surface area contributed by atoms with Gasteiger partial charge in [-0.25, -0.2) is 0 Å². The number of hydrogen-bond donors (Lipinski definition) is 3. The lowest BCUT2D eigenvalue weighted by Crippen LogP contribution is -2.37. The molecule has 0 saturated carbocycles. The highest BCUT2D eigenvalue weighted by molar-refractivity contribution is 6.39. The number of nitrogens with zero attached hydrogens (tertiary/aromatic N) is 1. The summed E-state index contributed by atoms with van der Waals surface area (Å²) >= 11 is 0. The predicted molar refractivity (Wildman–Crippen MR) is 98.3 cm³/mol. The first-order chi connectivity index (χ1) is 12.5. The van der Waals surface area contributed by atoms with E-state index in [0.717, 1.165) is 16.7 Å². The second-order valence-electron chi connectivity index (χ2n) is 5.91. The van der Waals surface area contributed by atoms with Gasteiger partial charge in [0.25, 0.3) is 0 Å². The normalized spacial score (nSPS) is 10.1. The summed E-state index contributed by atoms with van der Waals surface area (Å²) < 4.78 is 0. The monoisotopic (exact) mass is 354 g/mol. The Balaban J connectivity index is 1.70. The van der Waals surface area contributed by atoms with Crippen LogP contribution in [0.5, 0.6) is 0 Å². The van der Waals surface area contributed by atoms with Crippen molar-refractivity contribution in [1.29, 1.82) is 0 Å². The molecule has 0 saturated heterocycles. The molecule has 0 fully saturated rings. The Labute approximate surface area is 152 Å². The summed E-state index contributed by atoms with van der Waals surface area (Å²) in [5.74, 6) is -1.74. The molecule has 1 aromatic heterocycles. The van der Waals surface area contributed by atoms with Gasteiger partial charge in [-0.3, -0.25) is 19.4 Å². The third kappa shape index (κ3) is 6.01. The van der Waals surface area contributed by atoms with Crippen LogP contribution in [-0.2, 0) is 20.9 Å². The first kappa shape index (κ1) is 19.1. The van der Waals surface area contributed by atoms with Gasteiger partial charge in [-0.2, -0.15) is 0 Å². The SMILES string of the molecule is Cc1ccc(NC(=O)C(=O)NCCC(=O)NCc2ccncc2)c(C)c1. The van der Waals surface area contributed by atoms with Crippen molar-refractivity contribution in [2.24, 2.45) is 0 Å². The van der Waals surface area contributed by atoms with Gasteiger partial charge in [-0.15, -0.1) is 0 Å². The summed E-state index contributed by atoms with van der Waals surface area (Å²) in [6.07, 6.45) is 3.39. The Hall–Kier alpha value is -3.22. The van der Waals surface area contributed by atoms with Crippen molar-refractivity contribution >= 4 is 23.4 Å². The number of anilines is 1. The van der Waals surface area contributed by atoms with Crippen LogP contribution in [0.15, 0.2) is 42.7 Å². The van der Waals surface area contributed by atoms with Crippen molar-refractivity contribution in [3.8, 4) is 0 Å². The van der Waals surface area contributed by atoms with Gasteiger partial charge in [-0.05, 0) is 43.2 Å². The highest BCUT2D eigenvalue weighted by atomic mass is 16.2. The molecule has 1 heterocycles. The third-order valence-corrected chi connectivity index (χ3v) is 3.71. The average molecular weight is 354 g/mol. The number of carbonyl (C=O) groups is 3. The van der Waals surface area contributed by atoms with E-state index in [4.69, 9.17) is 0 Å². The van der Waals surface area contributed by atoms with Gasteiger partial charge < -0.3 is 16.0 Å². The number of benzene rings is 1. The number of amides is 3. The minimum atomic E-state index is -0.771. The predicted octanol–water partition coefficient (Wildman–Crippen LogP) is 1.46. The molecule has 0 radical (unpaired) electrons. The Kier molecular flexibility index (Phi) is 6.84. The number of pyridine rings is 1. The quantitative estimate of drug-likeness (QED) is 0.684. The molecule has 7 heteroatoms. The van der Waals surface area contributed by atoms with E-state index in [1.807, 2.05) is 26.0 Å². The van der Waals surface area contributed by atoms with E-state index in [1.165, 1.54) is 0 Å². The van der Waals surface area contributed by atoms with Gasteiger partial charge in [0.05, 0.1) is 0 Å². The molecule has 3 N–H and O–H groups in total. The van der Waals surface area contributed by atoms with Crippen molar-refractivity contribution in [3.05, 3.63) is 59.4 Å². The molecule has 2 aromatic rings. The minimum absolute atomic E-state index is 0.0846. The maximum absolute atomic E-state index is 11.9. The molecular weight excluding hydrogens is 332 g/mol. The van der Waals surface area contributed by atoms with E-state index in [2.05, 4.69) is 20.9 Å². The van der Waals surface area contributed by atoms with Gasteiger partial charge in [0.1, 0.15) is 0 Å². The van der Waals surface area contributed by atoms with E-state index < -0.39 is 11.8 Å². The molecule has 1 aromatic carbocycles. The number of hydrogen-bond acceptors (Lipinski definition) is 4. The summed E-state index contributed by atoms with van der Waals surface area (Å²) in [5, 5.41) is 7.74. The summed E-state index contributed by atoms with van der Waals surface area (Å²) in [5.41, 5.74) is 3.47. The molecule has 3 amide bonds. The summed E-state index contributed by atoms with van der Waals surface area (Å²) in [6, 6.07) is 9.13. The van der Waals surface area contributed by atoms with Crippen molar-refractivity contribution < 1.29 is 14.4 Å². The highest BCUT2D eigenvalue weighted by Gasteiger charge is 2.14. The largest absolute Gasteiger partial charge is 0.352 e. The van der Waals surface area contributed by atoms with E-state index in [1.54, 1.807) is 30.6 Å². The zero-order valence-electron chi connectivity index (χ0n) is 14.8. The van der Waals surface area contributed by atoms with Crippen LogP contribution in [0, 0.1) is 13.8 Å². The molecule has 0 aliphatic heterocycles.